The Bertz CT molecular complexity index is 2440. The van der Waals surface area contributed by atoms with Crippen LogP contribution in [0.3, 0.4) is 0 Å². The summed E-state index contributed by atoms with van der Waals surface area (Å²) < 4.78 is 60.6. The first kappa shape index (κ1) is 22.6. The van der Waals surface area contributed by atoms with Crippen molar-refractivity contribution < 1.29 is 17.2 Å². The van der Waals surface area contributed by atoms with Gasteiger partial charge in [-0.2, -0.15) is 0 Å². The van der Waals surface area contributed by atoms with E-state index in [1.807, 2.05) is 43.3 Å². The zero-order valence-electron chi connectivity index (χ0n) is 31.3. The van der Waals surface area contributed by atoms with Crippen LogP contribution < -0.4 is 17.8 Å². The van der Waals surface area contributed by atoms with Crippen LogP contribution in [0.5, 0.6) is 0 Å². The minimum atomic E-state index is -2.99. The van der Waals surface area contributed by atoms with E-state index in [1.54, 1.807) is 11.6 Å². The van der Waals surface area contributed by atoms with Crippen LogP contribution in [0, 0.1) is 32.0 Å². The van der Waals surface area contributed by atoms with Crippen LogP contribution in [0.15, 0.2) is 126 Å². The third-order valence-corrected chi connectivity index (χ3v) is 18.5. The van der Waals surface area contributed by atoms with Crippen LogP contribution in [-0.4, -0.2) is 13.3 Å². The summed E-state index contributed by atoms with van der Waals surface area (Å²) in [7, 11) is 1.70. The molecule has 4 heteroatoms. The molecule has 0 bridgehead atoms. The summed E-state index contributed by atoms with van der Waals surface area (Å²) in [5, 5.41) is 12.1. The zero-order valence-corrected chi connectivity index (χ0v) is 27.4. The summed E-state index contributed by atoms with van der Waals surface area (Å²) in [5.74, 6) is 2.41. The first-order chi connectivity index (χ1) is 24.2. The topological polar surface area (TPSA) is 40.8 Å². The maximum absolute atomic E-state index is 10.6. The van der Waals surface area contributed by atoms with Crippen LogP contribution in [0.1, 0.15) is 30.5 Å². The molecule has 0 saturated heterocycles. The third kappa shape index (κ3) is 4.69. The second-order valence-electron chi connectivity index (χ2n) is 11.7. The van der Waals surface area contributed by atoms with Crippen molar-refractivity contribution in [3.63, 3.8) is 0 Å². The van der Waals surface area contributed by atoms with Gasteiger partial charge in [0.2, 0.25) is 0 Å². The molecule has 0 atom stereocenters. The molecule has 2 heterocycles. The van der Waals surface area contributed by atoms with Gasteiger partial charge in [0.15, 0.2) is 6.20 Å². The molecule has 0 fully saturated rings. The summed E-state index contributed by atoms with van der Waals surface area (Å²) in [4.78, 5) is 0. The van der Waals surface area contributed by atoms with Gasteiger partial charge in [0.25, 0.3) is 0 Å². The second-order valence-corrected chi connectivity index (χ2v) is 20.1. The molecule has 7 aromatic rings. The van der Waals surface area contributed by atoms with Crippen molar-refractivity contribution in [1.29, 1.82) is 5.26 Å². The molecule has 0 unspecified atom stereocenters. The zero-order chi connectivity index (χ0) is 36.3. The van der Waals surface area contributed by atoms with Crippen molar-refractivity contribution in [2.24, 2.45) is 7.05 Å². The fourth-order valence-corrected chi connectivity index (χ4v) is 14.0. The molecule has 7 rings (SSSR count). The number of aryl methyl sites for hydroxylation is 4. The second kappa shape index (κ2) is 11.2. The fourth-order valence-electron chi connectivity index (χ4n) is 6.60. The van der Waals surface area contributed by atoms with Crippen LogP contribution in [0.25, 0.3) is 44.3 Å². The van der Waals surface area contributed by atoms with Gasteiger partial charge in [-0.1, -0.05) is 0 Å². The summed E-state index contributed by atoms with van der Waals surface area (Å²) in [6.07, 6.45) is 1.37. The molecule has 0 aliphatic heterocycles. The predicted octanol–water partition coefficient (Wildman–Crippen LogP) is 7.64. The van der Waals surface area contributed by atoms with Crippen molar-refractivity contribution in [3.8, 4) is 28.5 Å². The Balaban J connectivity index is 1.39. The Morgan fingerprint density at radius 1 is 0.711 bits per heavy atom. The minimum Gasteiger partial charge on any atom is -0.0336 e. The average Bonchev–Trinajstić information content (AvgIpc) is 3.49. The Morgan fingerprint density at radius 3 is 1.93 bits per heavy atom. The van der Waals surface area contributed by atoms with Gasteiger partial charge < -0.3 is 0 Å². The standard InChI is InChI=1S/C41H35GeN2O/c1-27-16-21-36-35-23-22-34(37(25-43)40(35)45-41(36)39(27)38-24-28(2)29(3)26-44(38)5)30-17-19-33(20-18-30)42(4,31-12-8-6-9-13-31)32-14-10-7-11-15-32/h6-24,26H,1-5H3/q+1/i2D3,3D3. The molecule has 0 amide bonds. The molecule has 0 aliphatic carbocycles. The molecule has 3 nitrogen and oxygen atoms in total. The van der Waals surface area contributed by atoms with Crippen LogP contribution in [0.4, 0.5) is 0 Å². The van der Waals surface area contributed by atoms with E-state index >= 15 is 0 Å². The summed E-state index contributed by atoms with van der Waals surface area (Å²) in [6.45, 7) is -3.36. The Kier molecular flexibility index (Phi) is 5.63. The van der Waals surface area contributed by atoms with Gasteiger partial charge in [0, 0.05) is 13.8 Å². The number of fused-ring (bicyclic) bond motifs is 3. The van der Waals surface area contributed by atoms with Crippen molar-refractivity contribution in [2.75, 3.05) is 0 Å². The SMILES string of the molecule is [2H]C([2H])([2H])c1cc(-c2c(C)ccc3c2oc2c(C#N)c(-c4cc[c]([Ge]([CH3])([c]5ccccc5)[c]5ccccc5)cc4)ccc23)[n+](C)cc1C([2H])([2H])[2H]. The number of nitrogens with zero attached hydrogens (tertiary/aromatic N) is 2. The number of nitriles is 1. The van der Waals surface area contributed by atoms with E-state index in [0.29, 0.717) is 28.0 Å². The summed E-state index contributed by atoms with van der Waals surface area (Å²) in [6, 6.07) is 41.6. The quantitative estimate of drug-likeness (QED) is 0.142. The van der Waals surface area contributed by atoms with E-state index in [-0.39, 0.29) is 11.1 Å². The van der Waals surface area contributed by atoms with Gasteiger partial charge in [0.05, 0.1) is 0 Å². The fraction of sp³-hybridized carbons (Fsp3) is 0.122. The maximum atomic E-state index is 10.6. The molecule has 0 saturated carbocycles. The summed E-state index contributed by atoms with van der Waals surface area (Å²) in [5.41, 5.74) is 4.48. The Labute approximate surface area is 275 Å². The van der Waals surface area contributed by atoms with Gasteiger partial charge in [-0.05, 0) is 19.3 Å². The third-order valence-electron chi connectivity index (χ3n) is 9.14. The predicted molar refractivity (Wildman–Crippen MR) is 188 cm³/mol. The number of hydrogen-bond donors (Lipinski definition) is 0. The molecule has 0 radical (unpaired) electrons. The number of rotatable bonds is 5. The van der Waals surface area contributed by atoms with Gasteiger partial charge in [-0.25, -0.2) is 0 Å². The monoisotopic (exact) mass is 651 g/mol. The molecule has 218 valence electrons. The Morgan fingerprint density at radius 2 is 1.31 bits per heavy atom. The normalized spacial score (nSPS) is 14.2. The van der Waals surface area contributed by atoms with E-state index < -0.39 is 27.0 Å². The van der Waals surface area contributed by atoms with Crippen molar-refractivity contribution in [1.82, 2.24) is 0 Å². The summed E-state index contributed by atoms with van der Waals surface area (Å²) >= 11 is -2.99. The van der Waals surface area contributed by atoms with Crippen LogP contribution in [-0.2, 0) is 7.05 Å². The molecular formula is C41H35GeN2O+. The number of furan rings is 1. The van der Waals surface area contributed by atoms with Crippen LogP contribution >= 0.6 is 0 Å². The van der Waals surface area contributed by atoms with Gasteiger partial charge in [-0.3, -0.25) is 0 Å². The Hall–Kier alpha value is -4.92. The first-order valence-electron chi connectivity index (χ1n) is 17.9. The van der Waals surface area contributed by atoms with E-state index in [2.05, 4.69) is 84.6 Å². The molecule has 0 aliphatic rings. The molecule has 0 N–H and O–H groups in total. The van der Waals surface area contributed by atoms with Crippen molar-refractivity contribution in [3.05, 3.63) is 144 Å². The number of pyridine rings is 1. The van der Waals surface area contributed by atoms with Gasteiger partial charge >= 0.3 is 230 Å². The van der Waals surface area contributed by atoms with E-state index in [4.69, 9.17) is 12.6 Å². The number of aromatic nitrogens is 1. The van der Waals surface area contributed by atoms with Crippen molar-refractivity contribution >= 4 is 48.4 Å². The molecule has 5 aromatic carbocycles. The van der Waals surface area contributed by atoms with E-state index in [1.165, 1.54) is 25.5 Å². The molecular weight excluding hydrogens is 609 g/mol. The minimum absolute atomic E-state index is 0.220. The molecule has 0 spiro atoms. The van der Waals surface area contributed by atoms with Crippen molar-refractivity contribution in [2.45, 2.75) is 26.4 Å². The van der Waals surface area contributed by atoms with Crippen LogP contribution in [0.2, 0.25) is 5.76 Å². The number of hydrogen-bond acceptors (Lipinski definition) is 2. The molecule has 2 aromatic heterocycles. The van der Waals surface area contributed by atoms with E-state index in [0.717, 1.165) is 27.5 Å². The average molecular weight is 650 g/mol. The first-order valence-corrected chi connectivity index (χ1v) is 20.1. The molecule has 45 heavy (non-hydrogen) atoms. The van der Waals surface area contributed by atoms with E-state index in [9.17, 15) is 5.26 Å². The van der Waals surface area contributed by atoms with Gasteiger partial charge in [-0.15, -0.1) is 0 Å². The van der Waals surface area contributed by atoms with Gasteiger partial charge in [0.1, 0.15) is 7.05 Å². The number of benzene rings is 5. The smallest absolute Gasteiger partial charge is 0.0336 e.